The molecule has 1 unspecified atom stereocenters. The van der Waals surface area contributed by atoms with Crippen molar-refractivity contribution in [2.75, 3.05) is 37.1 Å². The lowest BCUT2D eigenvalue weighted by Gasteiger charge is -2.19. The first-order valence-corrected chi connectivity index (χ1v) is 14.1. The molecule has 0 saturated carbocycles. The molecule has 0 spiro atoms. The number of methoxy groups -OCH3 is 1. The van der Waals surface area contributed by atoms with Crippen molar-refractivity contribution in [3.8, 4) is 28.5 Å². The van der Waals surface area contributed by atoms with Gasteiger partial charge in [-0.2, -0.15) is 5.10 Å². The number of hydrogen-bond donors (Lipinski definition) is 1. The van der Waals surface area contributed by atoms with E-state index in [0.29, 0.717) is 70.6 Å². The number of hydrogen-bond acceptors (Lipinski definition) is 8. The molecule has 1 amide bonds. The van der Waals surface area contributed by atoms with Gasteiger partial charge in [0.1, 0.15) is 19.0 Å². The van der Waals surface area contributed by atoms with Crippen molar-refractivity contribution >= 4 is 32.5 Å². The molecule has 2 aliphatic heterocycles. The Balaban J connectivity index is 1.47. The van der Waals surface area contributed by atoms with Crippen LogP contribution in [-0.2, 0) is 9.84 Å². The molecular weight excluding hydrogens is 508 g/mol. The van der Waals surface area contributed by atoms with Gasteiger partial charge in [-0.3, -0.25) is 4.79 Å². The number of anilines is 1. The summed E-state index contributed by atoms with van der Waals surface area (Å²) in [4.78, 5) is 18.6. The SMILES string of the molecule is COc1cccc(-c2cc(C(=O)Nc3ccc4c(c3)OCCO4)c3c(C)nn(C4CCS(=O)(=O)C4)c3n2)c1. The summed E-state index contributed by atoms with van der Waals surface area (Å²) in [6.07, 6.45) is 0.447. The van der Waals surface area contributed by atoms with Crippen molar-refractivity contribution in [3.63, 3.8) is 0 Å². The second-order valence-corrected chi connectivity index (χ2v) is 11.6. The molecule has 6 rings (SSSR count). The number of nitrogens with zero attached hydrogens (tertiary/aromatic N) is 3. The van der Waals surface area contributed by atoms with Crippen LogP contribution >= 0.6 is 0 Å². The highest BCUT2D eigenvalue weighted by Gasteiger charge is 2.32. The number of benzene rings is 2. The van der Waals surface area contributed by atoms with E-state index >= 15 is 0 Å². The van der Waals surface area contributed by atoms with Gasteiger partial charge in [0.25, 0.3) is 5.91 Å². The monoisotopic (exact) mass is 534 g/mol. The summed E-state index contributed by atoms with van der Waals surface area (Å²) >= 11 is 0. The van der Waals surface area contributed by atoms with Crippen molar-refractivity contribution in [2.24, 2.45) is 0 Å². The Kier molecular flexibility index (Phi) is 5.94. The van der Waals surface area contributed by atoms with Crippen molar-refractivity contribution in [2.45, 2.75) is 19.4 Å². The Bertz CT molecular complexity index is 1680. The molecule has 11 heteroatoms. The van der Waals surface area contributed by atoms with Crippen LogP contribution in [0.1, 0.15) is 28.5 Å². The van der Waals surface area contributed by atoms with Crippen molar-refractivity contribution < 1.29 is 27.4 Å². The third kappa shape index (κ3) is 4.43. The molecule has 0 aliphatic carbocycles. The molecule has 1 N–H and O–H groups in total. The fraction of sp³-hybridized carbons (Fsp3) is 0.296. The van der Waals surface area contributed by atoms with E-state index in [-0.39, 0.29) is 23.5 Å². The number of rotatable bonds is 5. The minimum Gasteiger partial charge on any atom is -0.497 e. The third-order valence-electron chi connectivity index (χ3n) is 6.80. The van der Waals surface area contributed by atoms with E-state index in [1.165, 1.54) is 0 Å². The van der Waals surface area contributed by atoms with Gasteiger partial charge in [0.15, 0.2) is 27.0 Å². The Labute approximate surface area is 219 Å². The van der Waals surface area contributed by atoms with Gasteiger partial charge in [0, 0.05) is 17.3 Å². The van der Waals surface area contributed by atoms with E-state index in [0.717, 1.165) is 5.56 Å². The fourth-order valence-electron chi connectivity index (χ4n) is 4.96. The number of aromatic nitrogens is 3. The lowest BCUT2D eigenvalue weighted by molar-refractivity contribution is 0.102. The molecule has 1 atom stereocenters. The first-order valence-electron chi connectivity index (χ1n) is 12.3. The van der Waals surface area contributed by atoms with Crippen LogP contribution in [0.15, 0.2) is 48.5 Å². The van der Waals surface area contributed by atoms with Gasteiger partial charge in [0.05, 0.1) is 47.0 Å². The van der Waals surface area contributed by atoms with Crippen molar-refractivity contribution in [1.82, 2.24) is 14.8 Å². The van der Waals surface area contributed by atoms with Gasteiger partial charge >= 0.3 is 0 Å². The maximum Gasteiger partial charge on any atom is 0.256 e. The van der Waals surface area contributed by atoms with Gasteiger partial charge in [-0.1, -0.05) is 12.1 Å². The first-order chi connectivity index (χ1) is 18.3. The summed E-state index contributed by atoms with van der Waals surface area (Å²) in [5, 5.41) is 8.20. The molecule has 2 aromatic carbocycles. The number of amides is 1. The Morgan fingerprint density at radius 2 is 1.92 bits per heavy atom. The van der Waals surface area contributed by atoms with E-state index in [1.54, 1.807) is 43.0 Å². The molecule has 1 saturated heterocycles. The van der Waals surface area contributed by atoms with Gasteiger partial charge in [-0.25, -0.2) is 18.1 Å². The molecule has 196 valence electrons. The molecule has 38 heavy (non-hydrogen) atoms. The van der Waals surface area contributed by atoms with E-state index in [9.17, 15) is 13.2 Å². The minimum atomic E-state index is -3.16. The maximum absolute atomic E-state index is 13.7. The number of pyridine rings is 1. The highest BCUT2D eigenvalue weighted by atomic mass is 32.2. The molecule has 2 aliphatic rings. The number of carbonyl (C=O) groups excluding carboxylic acids is 1. The normalized spacial score (nSPS) is 17.9. The lowest BCUT2D eigenvalue weighted by Crippen LogP contribution is -2.17. The van der Waals surface area contributed by atoms with Gasteiger partial charge in [0.2, 0.25) is 0 Å². The molecule has 1 fully saturated rings. The average molecular weight is 535 g/mol. The van der Waals surface area contributed by atoms with Crippen LogP contribution in [0, 0.1) is 6.92 Å². The predicted octanol–water partition coefficient (Wildman–Crippen LogP) is 3.80. The number of sulfone groups is 1. The first kappa shape index (κ1) is 24.2. The van der Waals surface area contributed by atoms with Crippen LogP contribution in [0.5, 0.6) is 17.2 Å². The summed E-state index contributed by atoms with van der Waals surface area (Å²) < 4.78 is 42.8. The molecule has 4 heterocycles. The molecule has 2 aromatic heterocycles. The maximum atomic E-state index is 13.7. The van der Waals surface area contributed by atoms with Crippen LogP contribution in [0.2, 0.25) is 0 Å². The smallest absolute Gasteiger partial charge is 0.256 e. The fourth-order valence-corrected chi connectivity index (χ4v) is 6.66. The van der Waals surface area contributed by atoms with Crippen LogP contribution in [0.3, 0.4) is 0 Å². The number of carbonyl (C=O) groups is 1. The summed E-state index contributed by atoms with van der Waals surface area (Å²) in [6, 6.07) is 14.0. The summed E-state index contributed by atoms with van der Waals surface area (Å²) in [5.74, 6) is 1.60. The average Bonchev–Trinajstić information content (AvgIpc) is 3.46. The van der Waals surface area contributed by atoms with Gasteiger partial charge < -0.3 is 19.5 Å². The third-order valence-corrected chi connectivity index (χ3v) is 8.55. The standard InChI is InChI=1S/C27H26N4O6S/c1-16-25-21(27(32)28-18-6-7-23-24(13-18)37-10-9-36-23)14-22(17-4-3-5-20(12-17)35-2)29-26(25)31(30-16)19-8-11-38(33,34)15-19/h3-7,12-14,19H,8-11,15H2,1-2H3,(H,28,32). The van der Waals surface area contributed by atoms with Crippen LogP contribution in [-0.4, -0.2) is 60.9 Å². The summed E-state index contributed by atoms with van der Waals surface area (Å²) in [7, 11) is -1.57. The molecule has 10 nitrogen and oxygen atoms in total. The molecule has 0 radical (unpaired) electrons. The quantitative estimate of drug-likeness (QED) is 0.410. The zero-order chi connectivity index (χ0) is 26.4. The molecule has 4 aromatic rings. The highest BCUT2D eigenvalue weighted by molar-refractivity contribution is 7.91. The molecule has 0 bridgehead atoms. The van der Waals surface area contributed by atoms with Crippen LogP contribution in [0.25, 0.3) is 22.3 Å². The van der Waals surface area contributed by atoms with Crippen molar-refractivity contribution in [1.29, 1.82) is 0 Å². The minimum absolute atomic E-state index is 0.00693. The predicted molar refractivity (Wildman–Crippen MR) is 142 cm³/mol. The topological polar surface area (TPSA) is 122 Å². The number of nitrogens with one attached hydrogen (secondary N) is 1. The summed E-state index contributed by atoms with van der Waals surface area (Å²) in [6.45, 7) is 2.72. The van der Waals surface area contributed by atoms with E-state index in [1.807, 2.05) is 24.3 Å². The van der Waals surface area contributed by atoms with E-state index < -0.39 is 9.84 Å². The highest BCUT2D eigenvalue weighted by Crippen LogP contribution is 2.35. The zero-order valence-corrected chi connectivity index (χ0v) is 21.7. The van der Waals surface area contributed by atoms with Gasteiger partial charge in [-0.05, 0) is 43.7 Å². The van der Waals surface area contributed by atoms with Crippen molar-refractivity contribution in [3.05, 3.63) is 59.8 Å². The number of ether oxygens (including phenoxy) is 3. The van der Waals surface area contributed by atoms with E-state index in [4.69, 9.17) is 19.2 Å². The number of fused-ring (bicyclic) bond motifs is 2. The van der Waals surface area contributed by atoms with Crippen LogP contribution < -0.4 is 19.5 Å². The molecular formula is C27H26N4O6S. The number of aryl methyl sites for hydroxylation is 1. The lowest BCUT2D eigenvalue weighted by atomic mass is 10.0. The largest absolute Gasteiger partial charge is 0.497 e. The second-order valence-electron chi connectivity index (χ2n) is 9.39. The zero-order valence-electron chi connectivity index (χ0n) is 20.9. The Morgan fingerprint density at radius 3 is 2.68 bits per heavy atom. The Hall–Kier alpha value is -4.12. The second kappa shape index (κ2) is 9.32. The summed E-state index contributed by atoms with van der Waals surface area (Å²) in [5.41, 5.74) is 3.31. The Morgan fingerprint density at radius 1 is 1.11 bits per heavy atom. The van der Waals surface area contributed by atoms with Crippen LogP contribution in [0.4, 0.5) is 5.69 Å². The van der Waals surface area contributed by atoms with Gasteiger partial charge in [-0.15, -0.1) is 0 Å². The van der Waals surface area contributed by atoms with E-state index in [2.05, 4.69) is 10.4 Å².